The molecule has 0 bridgehead atoms. The molecular weight excluding hydrogens is 235 g/mol. The minimum atomic E-state index is -2.33. The molecule has 0 amide bonds. The topological polar surface area (TPSA) is 26.3 Å². The van der Waals surface area contributed by atoms with Crippen LogP contribution in [0, 0.1) is 0 Å². The van der Waals surface area contributed by atoms with Crippen LogP contribution in [0.1, 0.15) is 39.0 Å². The molecule has 0 N–H and O–H groups in total. The van der Waals surface area contributed by atoms with Crippen molar-refractivity contribution in [2.24, 2.45) is 0 Å². The molecule has 0 aliphatic heterocycles. The highest BCUT2D eigenvalue weighted by atomic mass is 28.4. The van der Waals surface area contributed by atoms with Crippen LogP contribution < -0.4 is 0 Å². The maximum absolute atomic E-state index is 13.3. The summed E-state index contributed by atoms with van der Waals surface area (Å²) in [5.74, 6) is -0.266. The van der Waals surface area contributed by atoms with E-state index < -0.39 is 8.41 Å². The van der Waals surface area contributed by atoms with E-state index in [-0.39, 0.29) is 5.97 Å². The predicted molar refractivity (Wildman–Crippen MR) is 72.3 cm³/mol. The smallest absolute Gasteiger partial charge is 0.330 e. The molecule has 0 aliphatic rings. The van der Waals surface area contributed by atoms with Crippen LogP contribution in [0.5, 0.6) is 0 Å². The van der Waals surface area contributed by atoms with Crippen molar-refractivity contribution in [1.82, 2.24) is 0 Å². The molecule has 0 aromatic heterocycles. The summed E-state index contributed by atoms with van der Waals surface area (Å²) in [5, 5.41) is 0. The van der Waals surface area contributed by atoms with Gasteiger partial charge in [-0.2, -0.15) is 0 Å². The summed E-state index contributed by atoms with van der Waals surface area (Å²) < 4.78 is 18.2. The summed E-state index contributed by atoms with van der Waals surface area (Å²) in [5.41, 5.74) is 0. The summed E-state index contributed by atoms with van der Waals surface area (Å²) in [6.07, 6.45) is 8.24. The molecule has 0 heterocycles. The van der Waals surface area contributed by atoms with E-state index in [0.29, 0.717) is 6.61 Å². The monoisotopic (exact) mass is 260 g/mol. The van der Waals surface area contributed by atoms with E-state index in [9.17, 15) is 8.90 Å². The van der Waals surface area contributed by atoms with Crippen LogP contribution in [0.2, 0.25) is 19.1 Å². The van der Waals surface area contributed by atoms with Crippen molar-refractivity contribution in [2.45, 2.75) is 58.2 Å². The van der Waals surface area contributed by atoms with Crippen LogP contribution in [-0.2, 0) is 9.53 Å². The SMILES string of the molecule is CC=CC(=O)OCCCCCCC[Si](C)(C)F. The first-order chi connectivity index (χ1) is 7.95. The van der Waals surface area contributed by atoms with Crippen LogP contribution >= 0.6 is 0 Å². The third kappa shape index (κ3) is 13.3. The first-order valence-corrected chi connectivity index (χ1v) is 9.52. The minimum absolute atomic E-state index is 0.266. The van der Waals surface area contributed by atoms with Gasteiger partial charge in [0.05, 0.1) is 6.61 Å². The molecule has 100 valence electrons. The second kappa shape index (κ2) is 9.39. The molecule has 0 aromatic carbocycles. The van der Waals surface area contributed by atoms with Gasteiger partial charge in [-0.15, -0.1) is 0 Å². The molecule has 17 heavy (non-hydrogen) atoms. The summed E-state index contributed by atoms with van der Waals surface area (Å²) in [4.78, 5) is 10.9. The number of unbranched alkanes of at least 4 members (excludes halogenated alkanes) is 4. The molecule has 0 spiro atoms. The van der Waals surface area contributed by atoms with Gasteiger partial charge in [0.25, 0.3) is 0 Å². The van der Waals surface area contributed by atoms with Crippen molar-refractivity contribution in [1.29, 1.82) is 0 Å². The number of rotatable bonds is 9. The van der Waals surface area contributed by atoms with Crippen LogP contribution in [-0.4, -0.2) is 21.0 Å². The largest absolute Gasteiger partial charge is 0.463 e. The molecule has 0 aromatic rings. The van der Waals surface area contributed by atoms with E-state index in [4.69, 9.17) is 4.74 Å². The lowest BCUT2D eigenvalue weighted by molar-refractivity contribution is -0.137. The van der Waals surface area contributed by atoms with Gasteiger partial charge in [-0.25, -0.2) is 4.79 Å². The number of carbonyl (C=O) groups is 1. The Labute approximate surface area is 105 Å². The zero-order valence-electron chi connectivity index (χ0n) is 11.3. The fourth-order valence-corrected chi connectivity index (χ4v) is 2.63. The summed E-state index contributed by atoms with van der Waals surface area (Å²) >= 11 is 0. The number of carbonyl (C=O) groups excluding carboxylic acids is 1. The predicted octanol–water partition coefficient (Wildman–Crippen LogP) is 4.23. The van der Waals surface area contributed by atoms with Gasteiger partial charge >= 0.3 is 5.97 Å². The highest BCUT2D eigenvalue weighted by Crippen LogP contribution is 2.16. The molecule has 0 saturated heterocycles. The zero-order valence-corrected chi connectivity index (χ0v) is 12.3. The van der Waals surface area contributed by atoms with Gasteiger partial charge in [-0.1, -0.05) is 31.8 Å². The molecule has 0 fully saturated rings. The molecule has 0 radical (unpaired) electrons. The lowest BCUT2D eigenvalue weighted by atomic mass is 10.2. The Kier molecular flexibility index (Phi) is 9.04. The van der Waals surface area contributed by atoms with Crippen LogP contribution in [0.4, 0.5) is 4.11 Å². The van der Waals surface area contributed by atoms with Gasteiger partial charge in [0.2, 0.25) is 8.41 Å². The second-order valence-corrected chi connectivity index (χ2v) is 8.84. The summed E-state index contributed by atoms with van der Waals surface area (Å²) in [6.45, 7) is 5.80. The third-order valence-electron chi connectivity index (χ3n) is 2.46. The fourth-order valence-electron chi connectivity index (χ4n) is 1.53. The average molecular weight is 260 g/mol. The first kappa shape index (κ1) is 16.4. The van der Waals surface area contributed by atoms with Crippen LogP contribution in [0.15, 0.2) is 12.2 Å². The maximum atomic E-state index is 13.3. The van der Waals surface area contributed by atoms with Gasteiger partial charge in [-0.3, -0.25) is 0 Å². The van der Waals surface area contributed by atoms with Crippen molar-refractivity contribution >= 4 is 14.4 Å². The fraction of sp³-hybridized carbons (Fsp3) is 0.769. The molecule has 4 heteroatoms. The standard InChI is InChI=1S/C13H25FO2Si/c1-4-10-13(15)16-11-8-6-5-7-9-12-17(2,3)14/h4,10H,5-9,11-12H2,1-3H3. The Morgan fingerprint density at radius 1 is 1.18 bits per heavy atom. The normalized spacial score (nSPS) is 12.0. The Bertz CT molecular complexity index is 234. The number of allylic oxidation sites excluding steroid dienone is 1. The Morgan fingerprint density at radius 2 is 1.76 bits per heavy atom. The van der Waals surface area contributed by atoms with E-state index in [1.807, 2.05) is 0 Å². The molecule has 0 rings (SSSR count). The molecular formula is C13H25FO2Si. The van der Waals surface area contributed by atoms with E-state index in [1.54, 1.807) is 26.1 Å². The molecule has 0 atom stereocenters. The van der Waals surface area contributed by atoms with Gasteiger partial charge in [0, 0.05) is 6.08 Å². The Morgan fingerprint density at radius 3 is 2.35 bits per heavy atom. The number of hydrogen-bond acceptors (Lipinski definition) is 2. The van der Waals surface area contributed by atoms with Gasteiger partial charge in [0.1, 0.15) is 0 Å². The molecule has 0 saturated carbocycles. The third-order valence-corrected chi connectivity index (χ3v) is 4.01. The van der Waals surface area contributed by atoms with E-state index >= 15 is 0 Å². The van der Waals surface area contributed by atoms with Crippen LogP contribution in [0.25, 0.3) is 0 Å². The summed E-state index contributed by atoms with van der Waals surface area (Å²) in [6, 6.07) is 0.767. The van der Waals surface area contributed by atoms with Gasteiger partial charge < -0.3 is 8.84 Å². The van der Waals surface area contributed by atoms with Crippen molar-refractivity contribution < 1.29 is 13.6 Å². The lowest BCUT2D eigenvalue weighted by Gasteiger charge is -2.09. The van der Waals surface area contributed by atoms with Crippen molar-refractivity contribution in [3.05, 3.63) is 12.2 Å². The van der Waals surface area contributed by atoms with E-state index in [0.717, 1.165) is 38.1 Å². The minimum Gasteiger partial charge on any atom is -0.463 e. The zero-order chi connectivity index (χ0) is 13.1. The van der Waals surface area contributed by atoms with E-state index in [2.05, 4.69) is 0 Å². The lowest BCUT2D eigenvalue weighted by Crippen LogP contribution is -2.16. The molecule has 2 nitrogen and oxygen atoms in total. The number of esters is 1. The Balaban J connectivity index is 3.22. The molecule has 0 unspecified atom stereocenters. The van der Waals surface area contributed by atoms with Gasteiger partial charge in [0.15, 0.2) is 0 Å². The highest BCUT2D eigenvalue weighted by molar-refractivity contribution is 6.70. The molecule has 0 aliphatic carbocycles. The summed E-state index contributed by atoms with van der Waals surface area (Å²) in [7, 11) is -2.33. The van der Waals surface area contributed by atoms with Gasteiger partial charge in [-0.05, 0) is 32.5 Å². The highest BCUT2D eigenvalue weighted by Gasteiger charge is 2.18. The quantitative estimate of drug-likeness (QED) is 0.204. The Hall–Kier alpha value is -0.643. The number of ether oxygens (including phenoxy) is 1. The van der Waals surface area contributed by atoms with E-state index in [1.165, 1.54) is 6.08 Å². The van der Waals surface area contributed by atoms with Crippen LogP contribution in [0.3, 0.4) is 0 Å². The average Bonchev–Trinajstić information content (AvgIpc) is 2.21. The maximum Gasteiger partial charge on any atom is 0.330 e. The number of hydrogen-bond donors (Lipinski definition) is 0. The van der Waals surface area contributed by atoms with Crippen molar-refractivity contribution in [3.63, 3.8) is 0 Å². The van der Waals surface area contributed by atoms with Crippen molar-refractivity contribution in [2.75, 3.05) is 6.61 Å². The first-order valence-electron chi connectivity index (χ1n) is 6.44. The van der Waals surface area contributed by atoms with Crippen molar-refractivity contribution in [3.8, 4) is 0 Å². The second-order valence-electron chi connectivity index (χ2n) is 4.90. The number of halogens is 1.